The number of nitrogens with zero attached hydrogens (tertiary/aromatic N) is 1. The molecule has 0 atom stereocenters. The van der Waals surface area contributed by atoms with Crippen LogP contribution in [-0.2, 0) is 13.1 Å². The fraction of sp³-hybridized carbons (Fsp3) is 0.333. The third kappa shape index (κ3) is 4.82. The molecule has 2 N–H and O–H groups in total. The highest BCUT2D eigenvalue weighted by Crippen LogP contribution is 2.18. The number of halogens is 1. The first kappa shape index (κ1) is 15.4. The fourth-order valence-corrected chi connectivity index (χ4v) is 2.52. The normalized spacial score (nSPS) is 10.7. The van der Waals surface area contributed by atoms with Crippen molar-refractivity contribution in [3.05, 3.63) is 51.7 Å². The summed E-state index contributed by atoms with van der Waals surface area (Å²) in [6.07, 6.45) is 0. The van der Waals surface area contributed by atoms with Crippen molar-refractivity contribution in [1.29, 1.82) is 0 Å². The Morgan fingerprint density at radius 3 is 2.52 bits per heavy atom. The quantitative estimate of drug-likeness (QED) is 0.889. The monoisotopic (exact) mass is 307 g/mol. The standard InChI is InChI=1S/C15H18FN3OS/c1-10(2)14-19-13(9-21-14)8-18-15(20)17-7-11-3-5-12(16)6-4-11/h3-6,9-10H,7-8H2,1-2H3,(H2,17,18,20). The van der Waals surface area contributed by atoms with Crippen LogP contribution in [0, 0.1) is 5.82 Å². The van der Waals surface area contributed by atoms with Gasteiger partial charge in [0.2, 0.25) is 0 Å². The molecule has 4 nitrogen and oxygen atoms in total. The minimum atomic E-state index is -0.285. The Morgan fingerprint density at radius 1 is 1.24 bits per heavy atom. The molecule has 1 heterocycles. The van der Waals surface area contributed by atoms with E-state index in [4.69, 9.17) is 0 Å². The number of carbonyl (C=O) groups excluding carboxylic acids is 1. The van der Waals surface area contributed by atoms with Crippen LogP contribution >= 0.6 is 11.3 Å². The smallest absolute Gasteiger partial charge is 0.315 e. The number of rotatable bonds is 5. The van der Waals surface area contributed by atoms with E-state index in [2.05, 4.69) is 29.5 Å². The third-order valence-electron chi connectivity index (χ3n) is 2.86. The van der Waals surface area contributed by atoms with Crippen LogP contribution in [0.25, 0.3) is 0 Å². The van der Waals surface area contributed by atoms with Crippen molar-refractivity contribution in [2.45, 2.75) is 32.9 Å². The van der Waals surface area contributed by atoms with E-state index in [0.29, 0.717) is 19.0 Å². The summed E-state index contributed by atoms with van der Waals surface area (Å²) in [5.74, 6) is 0.115. The molecule has 1 aromatic heterocycles. The highest BCUT2D eigenvalue weighted by atomic mass is 32.1. The van der Waals surface area contributed by atoms with Crippen molar-refractivity contribution < 1.29 is 9.18 Å². The number of thiazole rings is 1. The van der Waals surface area contributed by atoms with Gasteiger partial charge in [-0.2, -0.15) is 0 Å². The highest BCUT2D eigenvalue weighted by Gasteiger charge is 2.07. The molecule has 0 fully saturated rings. The number of hydrogen-bond acceptors (Lipinski definition) is 3. The van der Waals surface area contributed by atoms with Crippen molar-refractivity contribution in [3.63, 3.8) is 0 Å². The van der Waals surface area contributed by atoms with Crippen LogP contribution in [0.4, 0.5) is 9.18 Å². The molecule has 0 spiro atoms. The summed E-state index contributed by atoms with van der Waals surface area (Å²) in [5.41, 5.74) is 1.71. The van der Waals surface area contributed by atoms with Gasteiger partial charge >= 0.3 is 6.03 Å². The summed E-state index contributed by atoms with van der Waals surface area (Å²) in [7, 11) is 0. The van der Waals surface area contributed by atoms with Crippen molar-refractivity contribution >= 4 is 17.4 Å². The zero-order valence-corrected chi connectivity index (χ0v) is 12.8. The lowest BCUT2D eigenvalue weighted by Crippen LogP contribution is -2.34. The van der Waals surface area contributed by atoms with E-state index in [9.17, 15) is 9.18 Å². The molecule has 0 aliphatic carbocycles. The number of hydrogen-bond donors (Lipinski definition) is 2. The zero-order chi connectivity index (χ0) is 15.2. The lowest BCUT2D eigenvalue weighted by molar-refractivity contribution is 0.240. The first-order valence-electron chi connectivity index (χ1n) is 6.75. The molecule has 2 rings (SSSR count). The average molecular weight is 307 g/mol. The van der Waals surface area contributed by atoms with Crippen molar-refractivity contribution in [1.82, 2.24) is 15.6 Å². The van der Waals surface area contributed by atoms with Gasteiger partial charge in [-0.05, 0) is 17.7 Å². The van der Waals surface area contributed by atoms with E-state index in [-0.39, 0.29) is 11.8 Å². The van der Waals surface area contributed by atoms with Gasteiger partial charge in [0.05, 0.1) is 17.2 Å². The molecule has 6 heteroatoms. The lowest BCUT2D eigenvalue weighted by Gasteiger charge is -2.06. The second-order valence-corrected chi connectivity index (χ2v) is 5.88. The Labute approximate surface area is 127 Å². The van der Waals surface area contributed by atoms with Gasteiger partial charge in [0.15, 0.2) is 0 Å². The topological polar surface area (TPSA) is 54.0 Å². The van der Waals surface area contributed by atoms with Crippen molar-refractivity contribution in [3.8, 4) is 0 Å². The number of carbonyl (C=O) groups is 1. The molecule has 0 radical (unpaired) electrons. The van der Waals surface area contributed by atoms with Crippen LogP contribution in [0.2, 0.25) is 0 Å². The molecule has 112 valence electrons. The second-order valence-electron chi connectivity index (χ2n) is 4.99. The molecular weight excluding hydrogens is 289 g/mol. The summed E-state index contributed by atoms with van der Waals surface area (Å²) in [5, 5.41) is 8.50. The van der Waals surface area contributed by atoms with Gasteiger partial charge in [0.25, 0.3) is 0 Å². The van der Waals surface area contributed by atoms with E-state index in [1.54, 1.807) is 23.5 Å². The lowest BCUT2D eigenvalue weighted by atomic mass is 10.2. The minimum absolute atomic E-state index is 0.265. The predicted octanol–water partition coefficient (Wildman–Crippen LogP) is 3.41. The highest BCUT2D eigenvalue weighted by molar-refractivity contribution is 7.09. The third-order valence-corrected chi connectivity index (χ3v) is 4.05. The zero-order valence-electron chi connectivity index (χ0n) is 12.0. The van der Waals surface area contributed by atoms with E-state index >= 15 is 0 Å². The molecule has 0 saturated carbocycles. The van der Waals surface area contributed by atoms with Crippen LogP contribution in [0.3, 0.4) is 0 Å². The van der Waals surface area contributed by atoms with Crippen molar-refractivity contribution in [2.24, 2.45) is 0 Å². The maximum absolute atomic E-state index is 12.7. The summed E-state index contributed by atoms with van der Waals surface area (Å²) in [6.45, 7) is 4.94. The molecule has 1 aromatic carbocycles. The van der Waals surface area contributed by atoms with E-state index in [1.807, 2.05) is 5.38 Å². The van der Waals surface area contributed by atoms with E-state index in [1.165, 1.54) is 12.1 Å². The Kier molecular flexibility index (Phi) is 5.27. The molecular formula is C15H18FN3OS. The van der Waals surface area contributed by atoms with E-state index < -0.39 is 0 Å². The first-order valence-corrected chi connectivity index (χ1v) is 7.63. The number of nitrogens with one attached hydrogen (secondary N) is 2. The molecule has 0 aliphatic heterocycles. The fourth-order valence-electron chi connectivity index (χ4n) is 1.69. The largest absolute Gasteiger partial charge is 0.334 e. The van der Waals surface area contributed by atoms with Crippen LogP contribution in [0.15, 0.2) is 29.6 Å². The Morgan fingerprint density at radius 2 is 1.90 bits per heavy atom. The summed E-state index contributed by atoms with van der Waals surface area (Å²) in [6, 6.07) is 5.77. The number of benzene rings is 1. The van der Waals surface area contributed by atoms with Gasteiger partial charge in [0.1, 0.15) is 5.82 Å². The van der Waals surface area contributed by atoms with Gasteiger partial charge in [-0.1, -0.05) is 26.0 Å². The van der Waals surface area contributed by atoms with E-state index in [0.717, 1.165) is 16.3 Å². The van der Waals surface area contributed by atoms with Gasteiger partial charge in [-0.25, -0.2) is 14.2 Å². The Balaban J connectivity index is 1.75. The van der Waals surface area contributed by atoms with Crippen molar-refractivity contribution in [2.75, 3.05) is 0 Å². The Hall–Kier alpha value is -1.95. The average Bonchev–Trinajstić information content (AvgIpc) is 2.93. The van der Waals surface area contributed by atoms with Crippen LogP contribution in [0.5, 0.6) is 0 Å². The van der Waals surface area contributed by atoms with Crippen LogP contribution in [-0.4, -0.2) is 11.0 Å². The number of urea groups is 1. The summed E-state index contributed by atoms with van der Waals surface area (Å²) in [4.78, 5) is 16.1. The SMILES string of the molecule is CC(C)c1nc(CNC(=O)NCc2ccc(F)cc2)cs1. The maximum atomic E-state index is 12.7. The number of aromatic nitrogens is 1. The van der Waals surface area contributed by atoms with Gasteiger partial charge in [-0.3, -0.25) is 0 Å². The number of amides is 2. The molecule has 21 heavy (non-hydrogen) atoms. The summed E-state index contributed by atoms with van der Waals surface area (Å²) >= 11 is 1.60. The van der Waals surface area contributed by atoms with Gasteiger partial charge in [-0.15, -0.1) is 11.3 Å². The second kappa shape index (κ2) is 7.17. The van der Waals surface area contributed by atoms with Gasteiger partial charge in [0, 0.05) is 17.8 Å². The maximum Gasteiger partial charge on any atom is 0.315 e. The molecule has 0 saturated heterocycles. The molecule has 0 bridgehead atoms. The molecule has 2 aromatic rings. The van der Waals surface area contributed by atoms with Crippen LogP contribution in [0.1, 0.15) is 36.0 Å². The minimum Gasteiger partial charge on any atom is -0.334 e. The summed E-state index contributed by atoms with van der Waals surface area (Å²) < 4.78 is 12.7. The molecule has 2 amide bonds. The van der Waals surface area contributed by atoms with Crippen LogP contribution < -0.4 is 10.6 Å². The molecule has 0 aliphatic rings. The molecule has 0 unspecified atom stereocenters. The first-order chi connectivity index (χ1) is 10.0. The predicted molar refractivity (Wildman–Crippen MR) is 81.7 cm³/mol. The van der Waals surface area contributed by atoms with Gasteiger partial charge < -0.3 is 10.6 Å². The Bertz CT molecular complexity index is 595.